The molecule has 2 unspecified atom stereocenters. The van der Waals surface area contributed by atoms with Gasteiger partial charge < -0.3 is 19.1 Å². The lowest BCUT2D eigenvalue weighted by Gasteiger charge is -2.37. The van der Waals surface area contributed by atoms with Crippen LogP contribution < -0.4 is 10.2 Å². The molecule has 2 fully saturated rings. The molecule has 1 aromatic rings. The summed E-state index contributed by atoms with van der Waals surface area (Å²) in [6.07, 6.45) is -1.66. The molecule has 0 aromatic heterocycles. The van der Waals surface area contributed by atoms with Crippen LogP contribution in [0.3, 0.4) is 0 Å². The minimum atomic E-state index is -0.741. The molecule has 1 aromatic carbocycles. The molecule has 2 aliphatic heterocycles. The van der Waals surface area contributed by atoms with Crippen molar-refractivity contribution < 1.29 is 33.4 Å². The number of amides is 3. The van der Waals surface area contributed by atoms with E-state index in [-0.39, 0.29) is 24.9 Å². The van der Waals surface area contributed by atoms with Crippen LogP contribution in [0.15, 0.2) is 24.3 Å². The van der Waals surface area contributed by atoms with Crippen molar-refractivity contribution in [3.63, 3.8) is 0 Å². The molecule has 0 spiro atoms. The molecule has 12 heteroatoms. The van der Waals surface area contributed by atoms with E-state index in [4.69, 9.17) is 14.9 Å². The van der Waals surface area contributed by atoms with Gasteiger partial charge in [-0.25, -0.2) is 14.4 Å². The number of piperazine rings is 1. The van der Waals surface area contributed by atoms with Crippen molar-refractivity contribution in [2.75, 3.05) is 51.3 Å². The highest BCUT2D eigenvalue weighted by molar-refractivity contribution is 6.04. The Morgan fingerprint density at radius 3 is 2.56 bits per heavy atom. The van der Waals surface area contributed by atoms with Crippen LogP contribution in [0.2, 0.25) is 0 Å². The number of alkyl carbamates (subject to hydrolysis) is 1. The molecule has 184 valence electrons. The van der Waals surface area contributed by atoms with Crippen molar-refractivity contribution in [1.82, 2.24) is 15.1 Å². The summed E-state index contributed by atoms with van der Waals surface area (Å²) in [6.45, 7) is 5.39. The maximum absolute atomic E-state index is 12.6. The number of anilines is 1. The molecule has 3 rings (SSSR count). The predicted molar refractivity (Wildman–Crippen MR) is 121 cm³/mol. The maximum Gasteiger partial charge on any atom is 0.414 e. The van der Waals surface area contributed by atoms with Gasteiger partial charge >= 0.3 is 18.2 Å². The van der Waals surface area contributed by atoms with Crippen molar-refractivity contribution in [2.24, 2.45) is 0 Å². The first-order valence-corrected chi connectivity index (χ1v) is 10.9. The van der Waals surface area contributed by atoms with Gasteiger partial charge in [-0.3, -0.25) is 25.3 Å². The average molecular weight is 476 g/mol. The number of hydrogen-bond acceptors (Lipinski definition) is 9. The zero-order valence-electron chi connectivity index (χ0n) is 19.4. The van der Waals surface area contributed by atoms with Crippen LogP contribution >= 0.6 is 0 Å². The summed E-state index contributed by atoms with van der Waals surface area (Å²) in [4.78, 5) is 53.1. The molecule has 34 heavy (non-hydrogen) atoms. The third-order valence-electron chi connectivity index (χ3n) is 5.65. The fourth-order valence-electron chi connectivity index (χ4n) is 3.84. The van der Waals surface area contributed by atoms with E-state index in [9.17, 15) is 19.2 Å². The van der Waals surface area contributed by atoms with Gasteiger partial charge in [0.25, 0.3) is 0 Å². The van der Waals surface area contributed by atoms with E-state index in [2.05, 4.69) is 10.1 Å². The highest BCUT2D eigenvalue weighted by atomic mass is 16.6. The number of methoxy groups -OCH3 is 1. The Labute approximate surface area is 197 Å². The second-order valence-corrected chi connectivity index (χ2v) is 7.91. The Balaban J connectivity index is 1.53. The fraction of sp³-hybridized carbons (Fsp3) is 0.500. The summed E-state index contributed by atoms with van der Waals surface area (Å²) in [5, 5.41) is 10.2. The molecule has 2 saturated heterocycles. The first-order chi connectivity index (χ1) is 16.2. The molecule has 0 aliphatic carbocycles. The SMILES string of the molecule is CCOC(=O)C(C)N1CCN(CC2CN(c3ccc(C(=N)NC(=O)OC)cc3)C(=O)O2)CC1=O. The minimum Gasteiger partial charge on any atom is -0.464 e. The normalized spacial score (nSPS) is 19.4. The number of esters is 1. The van der Waals surface area contributed by atoms with Crippen molar-refractivity contribution >= 4 is 35.6 Å². The smallest absolute Gasteiger partial charge is 0.414 e. The van der Waals surface area contributed by atoms with E-state index in [1.165, 1.54) is 16.9 Å². The third kappa shape index (κ3) is 5.81. The number of nitrogens with one attached hydrogen (secondary N) is 2. The highest BCUT2D eigenvalue weighted by Crippen LogP contribution is 2.23. The lowest BCUT2D eigenvalue weighted by Crippen LogP contribution is -2.56. The second kappa shape index (κ2) is 11.0. The van der Waals surface area contributed by atoms with Crippen LogP contribution in [0.25, 0.3) is 0 Å². The summed E-state index contributed by atoms with van der Waals surface area (Å²) >= 11 is 0. The molecular formula is C22H29N5O7. The van der Waals surface area contributed by atoms with Gasteiger partial charge in [0.2, 0.25) is 5.91 Å². The number of carbonyl (C=O) groups is 4. The van der Waals surface area contributed by atoms with Crippen LogP contribution in [0, 0.1) is 5.41 Å². The first kappa shape index (κ1) is 25.0. The van der Waals surface area contributed by atoms with Gasteiger partial charge in [0, 0.05) is 30.9 Å². The van der Waals surface area contributed by atoms with E-state index < -0.39 is 30.3 Å². The summed E-state index contributed by atoms with van der Waals surface area (Å²) in [6, 6.07) is 5.90. The average Bonchev–Trinajstić information content (AvgIpc) is 3.18. The summed E-state index contributed by atoms with van der Waals surface area (Å²) in [5.74, 6) is -0.722. The Kier molecular flexibility index (Phi) is 8.05. The van der Waals surface area contributed by atoms with Crippen LogP contribution in [0.1, 0.15) is 19.4 Å². The van der Waals surface area contributed by atoms with Crippen molar-refractivity contribution in [3.8, 4) is 0 Å². The summed E-state index contributed by atoms with van der Waals surface area (Å²) in [7, 11) is 1.21. The van der Waals surface area contributed by atoms with Crippen LogP contribution in [-0.2, 0) is 23.8 Å². The van der Waals surface area contributed by atoms with E-state index in [1.807, 2.05) is 4.90 Å². The Morgan fingerprint density at radius 2 is 1.94 bits per heavy atom. The van der Waals surface area contributed by atoms with Gasteiger partial charge in [-0.15, -0.1) is 0 Å². The Bertz CT molecular complexity index is 951. The largest absolute Gasteiger partial charge is 0.464 e. The van der Waals surface area contributed by atoms with Crippen LogP contribution in [0.5, 0.6) is 0 Å². The lowest BCUT2D eigenvalue weighted by molar-refractivity contribution is -0.156. The van der Waals surface area contributed by atoms with E-state index >= 15 is 0 Å². The number of rotatable bonds is 7. The van der Waals surface area contributed by atoms with Gasteiger partial charge in [-0.2, -0.15) is 0 Å². The standard InChI is InChI=1S/C22H29N5O7/c1-4-33-20(29)14(2)26-10-9-25(13-18(26)28)11-17-12-27(22(31)34-17)16-7-5-15(6-8-16)19(23)24-21(30)32-3/h5-8,14,17H,4,9-13H2,1-3H3,(H2,23,24,30). The Hall–Kier alpha value is -3.67. The number of ether oxygens (including phenoxy) is 3. The molecule has 0 radical (unpaired) electrons. The predicted octanol–water partition coefficient (Wildman–Crippen LogP) is 0.789. The minimum absolute atomic E-state index is 0.124. The second-order valence-electron chi connectivity index (χ2n) is 7.91. The van der Waals surface area contributed by atoms with Crippen LogP contribution in [-0.4, -0.2) is 98.3 Å². The van der Waals surface area contributed by atoms with Crippen molar-refractivity contribution in [3.05, 3.63) is 29.8 Å². The first-order valence-electron chi connectivity index (χ1n) is 10.9. The highest BCUT2D eigenvalue weighted by Gasteiger charge is 2.37. The molecule has 2 atom stereocenters. The maximum atomic E-state index is 12.6. The van der Waals surface area contributed by atoms with Gasteiger partial charge in [0.15, 0.2) is 0 Å². The zero-order valence-corrected chi connectivity index (χ0v) is 19.4. The molecule has 0 saturated carbocycles. The molecule has 12 nitrogen and oxygen atoms in total. The van der Waals surface area contributed by atoms with Gasteiger partial charge in [0.05, 0.1) is 26.8 Å². The zero-order chi connectivity index (χ0) is 24.8. The number of cyclic esters (lactones) is 1. The monoisotopic (exact) mass is 475 g/mol. The molecule has 2 aliphatic rings. The number of carbonyl (C=O) groups excluding carboxylic acids is 4. The number of amidine groups is 1. The molecule has 2 N–H and O–H groups in total. The quantitative estimate of drug-likeness (QED) is 0.255. The van der Waals surface area contributed by atoms with Crippen molar-refractivity contribution in [2.45, 2.75) is 26.0 Å². The number of hydrogen-bond donors (Lipinski definition) is 2. The van der Waals surface area contributed by atoms with E-state index in [0.29, 0.717) is 37.4 Å². The molecule has 2 heterocycles. The summed E-state index contributed by atoms with van der Waals surface area (Å²) in [5.41, 5.74) is 1.04. The lowest BCUT2D eigenvalue weighted by atomic mass is 10.1. The van der Waals surface area contributed by atoms with Gasteiger partial charge in [-0.1, -0.05) is 0 Å². The van der Waals surface area contributed by atoms with Gasteiger partial charge in [-0.05, 0) is 38.1 Å². The molecular weight excluding hydrogens is 446 g/mol. The molecule has 3 amide bonds. The fourth-order valence-corrected chi connectivity index (χ4v) is 3.84. The third-order valence-corrected chi connectivity index (χ3v) is 5.65. The van der Waals surface area contributed by atoms with Crippen molar-refractivity contribution in [1.29, 1.82) is 5.41 Å². The Morgan fingerprint density at radius 1 is 1.24 bits per heavy atom. The molecule has 0 bridgehead atoms. The van der Waals surface area contributed by atoms with E-state index in [1.54, 1.807) is 38.1 Å². The van der Waals surface area contributed by atoms with E-state index in [0.717, 1.165) is 0 Å². The number of benzene rings is 1. The summed E-state index contributed by atoms with van der Waals surface area (Å²) < 4.78 is 15.0. The number of nitrogens with zero attached hydrogens (tertiary/aromatic N) is 3. The van der Waals surface area contributed by atoms with Gasteiger partial charge in [0.1, 0.15) is 18.0 Å². The van der Waals surface area contributed by atoms with Crippen LogP contribution in [0.4, 0.5) is 15.3 Å². The topological polar surface area (TPSA) is 142 Å².